The summed E-state index contributed by atoms with van der Waals surface area (Å²) < 4.78 is 27.1. The number of carbonyl (C=O) groups is 2. The summed E-state index contributed by atoms with van der Waals surface area (Å²) in [7, 11) is -2.01. The van der Waals surface area contributed by atoms with E-state index in [0.717, 1.165) is 32.1 Å². The molecule has 1 atom stereocenters. The quantitative estimate of drug-likeness (QED) is 0.703. The van der Waals surface area contributed by atoms with Crippen LogP contribution in [0.15, 0.2) is 29.2 Å². The van der Waals surface area contributed by atoms with Crippen LogP contribution in [0.5, 0.6) is 0 Å². The van der Waals surface area contributed by atoms with Gasteiger partial charge >= 0.3 is 5.97 Å². The highest BCUT2D eigenvalue weighted by molar-refractivity contribution is 7.89. The van der Waals surface area contributed by atoms with Crippen molar-refractivity contribution in [3.63, 3.8) is 0 Å². The molecule has 0 bridgehead atoms. The lowest BCUT2D eigenvalue weighted by molar-refractivity contribution is -0.139. The second-order valence-corrected chi connectivity index (χ2v) is 8.99. The SMILES string of the molecule is CCCC(NC(=O)c1ccc(S(=O)(=O)N(C)C2CCCCC2)cc1)C(=O)O. The summed E-state index contributed by atoms with van der Waals surface area (Å²) in [6.45, 7) is 1.84. The molecular formula is C19H28N2O5S. The molecule has 1 fully saturated rings. The van der Waals surface area contributed by atoms with E-state index in [2.05, 4.69) is 5.32 Å². The average molecular weight is 397 g/mol. The van der Waals surface area contributed by atoms with Crippen LogP contribution in [0.1, 0.15) is 62.2 Å². The summed E-state index contributed by atoms with van der Waals surface area (Å²) in [5, 5.41) is 11.6. The zero-order chi connectivity index (χ0) is 20.0. The van der Waals surface area contributed by atoms with E-state index in [1.54, 1.807) is 7.05 Å². The predicted molar refractivity (Wildman–Crippen MR) is 102 cm³/mol. The zero-order valence-corrected chi connectivity index (χ0v) is 16.7. The van der Waals surface area contributed by atoms with E-state index in [9.17, 15) is 18.0 Å². The van der Waals surface area contributed by atoms with Crippen LogP contribution in [-0.2, 0) is 14.8 Å². The van der Waals surface area contributed by atoms with Crippen LogP contribution in [0.4, 0.5) is 0 Å². The van der Waals surface area contributed by atoms with Crippen LogP contribution in [0, 0.1) is 0 Å². The van der Waals surface area contributed by atoms with E-state index >= 15 is 0 Å². The van der Waals surface area contributed by atoms with Crippen LogP contribution in [0.2, 0.25) is 0 Å². The second-order valence-electron chi connectivity index (χ2n) is 6.99. The van der Waals surface area contributed by atoms with E-state index in [0.29, 0.717) is 12.8 Å². The van der Waals surface area contributed by atoms with Gasteiger partial charge in [-0.05, 0) is 43.5 Å². The third-order valence-corrected chi connectivity index (χ3v) is 6.99. The number of amides is 1. The number of rotatable bonds is 8. The van der Waals surface area contributed by atoms with Crippen molar-refractivity contribution in [3.05, 3.63) is 29.8 Å². The van der Waals surface area contributed by atoms with Gasteiger partial charge in [-0.15, -0.1) is 0 Å². The highest BCUT2D eigenvalue weighted by atomic mass is 32.2. The summed E-state index contributed by atoms with van der Waals surface area (Å²) in [5.74, 6) is -1.61. The molecule has 1 unspecified atom stereocenters. The maximum Gasteiger partial charge on any atom is 0.326 e. The molecule has 1 aliphatic carbocycles. The molecule has 0 saturated heterocycles. The number of sulfonamides is 1. The summed E-state index contributed by atoms with van der Waals surface area (Å²) >= 11 is 0. The third-order valence-electron chi connectivity index (χ3n) is 5.06. The number of aliphatic carboxylic acids is 1. The Bertz CT molecular complexity index is 755. The standard InChI is InChI=1S/C19H28N2O5S/c1-3-7-17(19(23)24)20-18(22)14-10-12-16(13-11-14)27(25,26)21(2)15-8-5-4-6-9-15/h10-13,15,17H,3-9H2,1-2H3,(H,20,22)(H,23,24). The van der Waals surface area contributed by atoms with Crippen molar-refractivity contribution in [3.8, 4) is 0 Å². The smallest absolute Gasteiger partial charge is 0.326 e. The minimum atomic E-state index is -3.62. The van der Waals surface area contributed by atoms with E-state index in [1.165, 1.54) is 28.6 Å². The molecule has 8 heteroatoms. The van der Waals surface area contributed by atoms with Gasteiger partial charge in [0.15, 0.2) is 0 Å². The lowest BCUT2D eigenvalue weighted by atomic mass is 9.96. The van der Waals surface area contributed by atoms with Crippen molar-refractivity contribution in [2.45, 2.75) is 68.8 Å². The number of nitrogens with one attached hydrogen (secondary N) is 1. The van der Waals surface area contributed by atoms with E-state index < -0.39 is 27.9 Å². The first kappa shape index (κ1) is 21.4. The lowest BCUT2D eigenvalue weighted by Gasteiger charge is -2.30. The van der Waals surface area contributed by atoms with Gasteiger partial charge in [0.2, 0.25) is 10.0 Å². The number of benzene rings is 1. The normalized spacial score (nSPS) is 16.9. The summed E-state index contributed by atoms with van der Waals surface area (Å²) in [5.41, 5.74) is 0.233. The fourth-order valence-electron chi connectivity index (χ4n) is 3.37. The minimum absolute atomic E-state index is 0.0112. The Morgan fingerprint density at radius 2 is 1.78 bits per heavy atom. The van der Waals surface area contributed by atoms with Crippen molar-refractivity contribution in [1.82, 2.24) is 9.62 Å². The molecule has 1 aromatic carbocycles. The predicted octanol–water partition coefficient (Wildman–Crippen LogP) is 2.62. The third kappa shape index (κ3) is 5.29. The Hall–Kier alpha value is -1.93. The highest BCUT2D eigenvalue weighted by Gasteiger charge is 2.29. The largest absolute Gasteiger partial charge is 0.480 e. The van der Waals surface area contributed by atoms with Gasteiger partial charge in [-0.25, -0.2) is 13.2 Å². The molecule has 7 nitrogen and oxygen atoms in total. The zero-order valence-electron chi connectivity index (χ0n) is 15.8. The maximum absolute atomic E-state index is 12.8. The Kier molecular flexibility index (Phi) is 7.38. The molecule has 0 aliphatic heterocycles. The number of hydrogen-bond donors (Lipinski definition) is 2. The molecule has 2 N–H and O–H groups in total. The van der Waals surface area contributed by atoms with Gasteiger partial charge in [0.05, 0.1) is 4.90 Å². The summed E-state index contributed by atoms with van der Waals surface area (Å²) in [4.78, 5) is 23.5. The van der Waals surface area contributed by atoms with Crippen molar-refractivity contribution in [1.29, 1.82) is 0 Å². The maximum atomic E-state index is 12.8. The molecule has 0 aromatic heterocycles. The molecule has 27 heavy (non-hydrogen) atoms. The Balaban J connectivity index is 2.11. The van der Waals surface area contributed by atoms with Crippen LogP contribution >= 0.6 is 0 Å². The molecule has 0 radical (unpaired) electrons. The van der Waals surface area contributed by atoms with Gasteiger partial charge < -0.3 is 10.4 Å². The van der Waals surface area contributed by atoms with Crippen molar-refractivity contribution in [2.75, 3.05) is 7.05 Å². The van der Waals surface area contributed by atoms with E-state index in [-0.39, 0.29) is 16.5 Å². The molecule has 2 rings (SSSR count). The molecule has 1 aliphatic rings. The lowest BCUT2D eigenvalue weighted by Crippen LogP contribution is -2.40. The van der Waals surface area contributed by atoms with Gasteiger partial charge in [0, 0.05) is 18.7 Å². The van der Waals surface area contributed by atoms with Gasteiger partial charge in [0.25, 0.3) is 5.91 Å². The second kappa shape index (κ2) is 9.32. The van der Waals surface area contributed by atoms with Crippen LogP contribution in [-0.4, -0.2) is 48.8 Å². The molecule has 1 amide bonds. The number of carboxylic acid groups (broad SMARTS) is 1. The van der Waals surface area contributed by atoms with Gasteiger partial charge in [0.1, 0.15) is 6.04 Å². The number of hydrogen-bond acceptors (Lipinski definition) is 4. The van der Waals surface area contributed by atoms with Crippen molar-refractivity contribution in [2.24, 2.45) is 0 Å². The molecule has 0 spiro atoms. The van der Waals surface area contributed by atoms with Crippen molar-refractivity contribution >= 4 is 21.9 Å². The number of carbonyl (C=O) groups excluding carboxylic acids is 1. The molecule has 1 aromatic rings. The summed E-state index contributed by atoms with van der Waals surface area (Å²) in [6.07, 6.45) is 5.90. The van der Waals surface area contributed by atoms with E-state index in [4.69, 9.17) is 5.11 Å². The highest BCUT2D eigenvalue weighted by Crippen LogP contribution is 2.26. The summed E-state index contributed by atoms with van der Waals surface area (Å²) in [6, 6.07) is 4.70. The first-order valence-electron chi connectivity index (χ1n) is 9.39. The molecule has 150 valence electrons. The van der Waals surface area contributed by atoms with Gasteiger partial charge in [-0.3, -0.25) is 4.79 Å². The fourth-order valence-corrected chi connectivity index (χ4v) is 4.79. The van der Waals surface area contributed by atoms with Crippen LogP contribution in [0.25, 0.3) is 0 Å². The van der Waals surface area contributed by atoms with Gasteiger partial charge in [-0.1, -0.05) is 32.6 Å². The van der Waals surface area contributed by atoms with Gasteiger partial charge in [-0.2, -0.15) is 4.31 Å². The number of carboxylic acids is 1. The topological polar surface area (TPSA) is 104 Å². The molecule has 1 saturated carbocycles. The Morgan fingerprint density at radius 3 is 2.30 bits per heavy atom. The molecule has 0 heterocycles. The first-order valence-corrected chi connectivity index (χ1v) is 10.8. The Morgan fingerprint density at radius 1 is 1.19 bits per heavy atom. The minimum Gasteiger partial charge on any atom is -0.480 e. The monoisotopic (exact) mass is 396 g/mol. The van der Waals surface area contributed by atoms with E-state index in [1.807, 2.05) is 6.92 Å². The van der Waals surface area contributed by atoms with Crippen molar-refractivity contribution < 1.29 is 23.1 Å². The average Bonchev–Trinajstić information content (AvgIpc) is 2.67. The first-order chi connectivity index (χ1) is 12.8. The number of nitrogens with zero attached hydrogens (tertiary/aromatic N) is 1. The molecular weight excluding hydrogens is 368 g/mol. The van der Waals surface area contributed by atoms with Crippen LogP contribution in [0.3, 0.4) is 0 Å². The van der Waals surface area contributed by atoms with Crippen LogP contribution < -0.4 is 5.32 Å². The fraction of sp³-hybridized carbons (Fsp3) is 0.579. The Labute approximate surface area is 160 Å².